The minimum atomic E-state index is -0.423. The topological polar surface area (TPSA) is 69.6 Å². The van der Waals surface area contributed by atoms with Gasteiger partial charge in [0.05, 0.1) is 6.20 Å². The van der Waals surface area contributed by atoms with Crippen molar-refractivity contribution in [3.05, 3.63) is 24.3 Å². The van der Waals surface area contributed by atoms with Gasteiger partial charge in [-0.3, -0.25) is 4.98 Å². The van der Waals surface area contributed by atoms with Crippen LogP contribution in [0.3, 0.4) is 0 Å². The first-order chi connectivity index (χ1) is 6.66. The van der Waals surface area contributed by atoms with Gasteiger partial charge in [-0.05, 0) is 6.07 Å². The van der Waals surface area contributed by atoms with Gasteiger partial charge < -0.3 is 5.73 Å². The summed E-state index contributed by atoms with van der Waals surface area (Å²) >= 11 is 0. The predicted octanol–water partition coefficient (Wildman–Crippen LogP) is 0.598. The average molecular weight is 193 g/mol. The lowest BCUT2D eigenvalue weighted by Gasteiger charge is -1.92. The summed E-state index contributed by atoms with van der Waals surface area (Å²) in [5, 5.41) is 4.00. The standard InChI is InChI=1S/C8H8FN5/c1-14-8(10)12-7(13-14)5-2-6(9)4-11-3-5/h2-4H,1H3,(H2,10,12,13). The van der Waals surface area contributed by atoms with Crippen LogP contribution >= 0.6 is 0 Å². The Morgan fingerprint density at radius 1 is 1.43 bits per heavy atom. The molecule has 0 aliphatic rings. The summed E-state index contributed by atoms with van der Waals surface area (Å²) in [6.45, 7) is 0. The van der Waals surface area contributed by atoms with Crippen molar-refractivity contribution in [2.24, 2.45) is 7.05 Å². The number of aryl methyl sites for hydroxylation is 1. The van der Waals surface area contributed by atoms with E-state index in [4.69, 9.17) is 5.73 Å². The van der Waals surface area contributed by atoms with Gasteiger partial charge in [0.15, 0.2) is 5.82 Å². The minimum absolute atomic E-state index is 0.282. The third-order valence-corrected chi connectivity index (χ3v) is 1.76. The van der Waals surface area contributed by atoms with Crippen molar-refractivity contribution < 1.29 is 4.39 Å². The van der Waals surface area contributed by atoms with Crippen molar-refractivity contribution in [2.45, 2.75) is 0 Å². The number of halogens is 1. The fourth-order valence-corrected chi connectivity index (χ4v) is 1.05. The molecule has 2 heterocycles. The van der Waals surface area contributed by atoms with Crippen molar-refractivity contribution in [1.82, 2.24) is 19.7 Å². The number of nitrogen functional groups attached to an aromatic ring is 1. The number of nitrogens with two attached hydrogens (primary N) is 1. The second kappa shape index (κ2) is 3.06. The zero-order valence-corrected chi connectivity index (χ0v) is 7.48. The van der Waals surface area contributed by atoms with Crippen LogP contribution in [-0.2, 0) is 7.05 Å². The number of nitrogens with zero attached hydrogens (tertiary/aromatic N) is 4. The summed E-state index contributed by atoms with van der Waals surface area (Å²) in [5.41, 5.74) is 6.00. The van der Waals surface area contributed by atoms with Crippen molar-refractivity contribution in [1.29, 1.82) is 0 Å². The number of hydrogen-bond acceptors (Lipinski definition) is 4. The molecule has 0 fully saturated rings. The molecule has 0 saturated heterocycles. The molecule has 0 aliphatic heterocycles. The monoisotopic (exact) mass is 193 g/mol. The van der Waals surface area contributed by atoms with Crippen LogP contribution in [0.25, 0.3) is 11.4 Å². The molecule has 2 N–H and O–H groups in total. The summed E-state index contributed by atoms with van der Waals surface area (Å²) in [6.07, 6.45) is 2.60. The van der Waals surface area contributed by atoms with Gasteiger partial charge in [0, 0.05) is 18.8 Å². The van der Waals surface area contributed by atoms with Crippen molar-refractivity contribution >= 4 is 5.95 Å². The summed E-state index contributed by atoms with van der Waals surface area (Å²) in [7, 11) is 1.67. The van der Waals surface area contributed by atoms with Gasteiger partial charge in [0.25, 0.3) is 0 Å². The van der Waals surface area contributed by atoms with Crippen LogP contribution in [0, 0.1) is 5.82 Å². The molecule has 2 rings (SSSR count). The second-order valence-corrected chi connectivity index (χ2v) is 2.81. The highest BCUT2D eigenvalue weighted by Crippen LogP contribution is 2.15. The largest absolute Gasteiger partial charge is 0.368 e. The molecule has 0 unspecified atom stereocenters. The molecule has 6 heteroatoms. The summed E-state index contributed by atoms with van der Waals surface area (Å²) in [4.78, 5) is 7.64. The predicted molar refractivity (Wildman–Crippen MR) is 48.6 cm³/mol. The summed E-state index contributed by atoms with van der Waals surface area (Å²) in [6, 6.07) is 1.31. The molecule has 14 heavy (non-hydrogen) atoms. The third-order valence-electron chi connectivity index (χ3n) is 1.76. The third kappa shape index (κ3) is 1.41. The number of anilines is 1. The van der Waals surface area contributed by atoms with E-state index in [1.54, 1.807) is 7.05 Å². The number of rotatable bonds is 1. The van der Waals surface area contributed by atoms with E-state index in [0.29, 0.717) is 11.4 Å². The quantitative estimate of drug-likeness (QED) is 0.719. The van der Waals surface area contributed by atoms with E-state index in [1.165, 1.54) is 16.9 Å². The van der Waals surface area contributed by atoms with Crippen LogP contribution in [0.2, 0.25) is 0 Å². The minimum Gasteiger partial charge on any atom is -0.368 e. The first-order valence-corrected chi connectivity index (χ1v) is 3.94. The molecule has 0 atom stereocenters. The summed E-state index contributed by atoms with van der Waals surface area (Å²) in [5.74, 6) is 0.231. The highest BCUT2D eigenvalue weighted by atomic mass is 19.1. The maximum Gasteiger partial charge on any atom is 0.218 e. The number of pyridine rings is 1. The molecular formula is C8H8FN5. The van der Waals surface area contributed by atoms with Gasteiger partial charge in [-0.1, -0.05) is 0 Å². The zero-order valence-electron chi connectivity index (χ0n) is 7.48. The van der Waals surface area contributed by atoms with E-state index in [9.17, 15) is 4.39 Å². The molecule has 0 aromatic carbocycles. The Morgan fingerprint density at radius 3 is 2.79 bits per heavy atom. The highest BCUT2D eigenvalue weighted by Gasteiger charge is 2.07. The molecule has 0 spiro atoms. The maximum atomic E-state index is 12.8. The van der Waals surface area contributed by atoms with Crippen LogP contribution < -0.4 is 5.73 Å². The molecule has 2 aromatic heterocycles. The van der Waals surface area contributed by atoms with Gasteiger partial charge in [0.1, 0.15) is 5.82 Å². The van der Waals surface area contributed by atoms with Gasteiger partial charge in [-0.2, -0.15) is 4.98 Å². The molecule has 72 valence electrons. The average Bonchev–Trinajstić information content (AvgIpc) is 2.47. The Kier molecular flexibility index (Phi) is 1.88. The van der Waals surface area contributed by atoms with Crippen LogP contribution in [0.15, 0.2) is 18.5 Å². The number of hydrogen-bond donors (Lipinski definition) is 1. The Morgan fingerprint density at radius 2 is 2.21 bits per heavy atom. The van der Waals surface area contributed by atoms with Crippen LogP contribution in [0.5, 0.6) is 0 Å². The zero-order chi connectivity index (χ0) is 10.1. The van der Waals surface area contributed by atoms with Crippen LogP contribution in [0.1, 0.15) is 0 Å². The molecule has 0 radical (unpaired) electrons. The lowest BCUT2D eigenvalue weighted by Crippen LogP contribution is -1.97. The molecule has 0 bridgehead atoms. The highest BCUT2D eigenvalue weighted by molar-refractivity contribution is 5.54. The number of aromatic nitrogens is 4. The van der Waals surface area contributed by atoms with Crippen molar-refractivity contribution in [3.63, 3.8) is 0 Å². The molecule has 0 saturated carbocycles. The fraction of sp³-hybridized carbons (Fsp3) is 0.125. The first-order valence-electron chi connectivity index (χ1n) is 3.94. The van der Waals surface area contributed by atoms with E-state index >= 15 is 0 Å². The van der Waals surface area contributed by atoms with Crippen molar-refractivity contribution in [2.75, 3.05) is 5.73 Å². The van der Waals surface area contributed by atoms with Gasteiger partial charge in [0.2, 0.25) is 5.95 Å². The SMILES string of the molecule is Cn1nc(-c2cncc(F)c2)nc1N. The lowest BCUT2D eigenvalue weighted by atomic mass is 10.3. The molecule has 0 amide bonds. The Labute approximate surface area is 79.4 Å². The smallest absolute Gasteiger partial charge is 0.218 e. The van der Waals surface area contributed by atoms with E-state index in [2.05, 4.69) is 15.1 Å². The van der Waals surface area contributed by atoms with Crippen molar-refractivity contribution in [3.8, 4) is 11.4 Å². The second-order valence-electron chi connectivity index (χ2n) is 2.81. The molecule has 5 nitrogen and oxygen atoms in total. The van der Waals surface area contributed by atoms with E-state index in [-0.39, 0.29) is 5.95 Å². The molecular weight excluding hydrogens is 185 g/mol. The van der Waals surface area contributed by atoms with Crippen LogP contribution in [-0.4, -0.2) is 19.7 Å². The van der Waals surface area contributed by atoms with E-state index < -0.39 is 5.82 Å². The fourth-order valence-electron chi connectivity index (χ4n) is 1.05. The van der Waals surface area contributed by atoms with Crippen LogP contribution in [0.4, 0.5) is 10.3 Å². The normalized spacial score (nSPS) is 10.4. The van der Waals surface area contributed by atoms with Gasteiger partial charge in [-0.25, -0.2) is 9.07 Å². The van der Waals surface area contributed by atoms with Gasteiger partial charge >= 0.3 is 0 Å². The Balaban J connectivity index is 2.49. The molecule has 2 aromatic rings. The Bertz CT molecular complexity index is 445. The Hall–Kier alpha value is -1.98. The molecule has 0 aliphatic carbocycles. The van der Waals surface area contributed by atoms with Gasteiger partial charge in [-0.15, -0.1) is 5.10 Å². The summed E-state index contributed by atoms with van der Waals surface area (Å²) < 4.78 is 14.2. The lowest BCUT2D eigenvalue weighted by molar-refractivity contribution is 0.621. The first kappa shape index (κ1) is 8.61. The van der Waals surface area contributed by atoms with E-state index in [1.807, 2.05) is 0 Å². The van der Waals surface area contributed by atoms with E-state index in [0.717, 1.165) is 6.20 Å². The maximum absolute atomic E-state index is 12.8.